The molecule has 5 nitrogen and oxygen atoms in total. The van der Waals surface area contributed by atoms with Gasteiger partial charge in [0.2, 0.25) is 0 Å². The Morgan fingerprint density at radius 2 is 2.18 bits per heavy atom. The highest BCUT2D eigenvalue weighted by molar-refractivity contribution is 9.10. The summed E-state index contributed by atoms with van der Waals surface area (Å²) in [6, 6.07) is 9.67. The van der Waals surface area contributed by atoms with Gasteiger partial charge in [0.05, 0.1) is 13.4 Å². The van der Waals surface area contributed by atoms with Crippen molar-refractivity contribution in [2.24, 2.45) is 7.05 Å². The second-order valence-electron chi connectivity index (χ2n) is 4.59. The van der Waals surface area contributed by atoms with Crippen LogP contribution in [0.2, 0.25) is 0 Å². The second-order valence-corrected chi connectivity index (χ2v) is 6.45. The van der Waals surface area contributed by atoms with E-state index in [1.807, 2.05) is 35.9 Å². The Morgan fingerprint density at radius 1 is 1.32 bits per heavy atom. The average molecular weight is 380 g/mol. The fraction of sp³-hybridized carbons (Fsp3) is 0.200. The maximum absolute atomic E-state index is 5.39. The van der Waals surface area contributed by atoms with Crippen LogP contribution in [0.3, 0.4) is 0 Å². The molecule has 0 aliphatic carbocycles. The van der Waals surface area contributed by atoms with Crippen LogP contribution in [0, 0.1) is 0 Å². The van der Waals surface area contributed by atoms with Crippen LogP contribution < -0.4 is 4.74 Å². The highest BCUT2D eigenvalue weighted by atomic mass is 79.9. The highest BCUT2D eigenvalue weighted by Crippen LogP contribution is 2.30. The zero-order chi connectivity index (χ0) is 15.5. The van der Waals surface area contributed by atoms with Gasteiger partial charge < -0.3 is 13.7 Å². The molecule has 0 aliphatic rings. The van der Waals surface area contributed by atoms with Gasteiger partial charge in [-0.1, -0.05) is 27.7 Å². The summed E-state index contributed by atoms with van der Waals surface area (Å²) < 4.78 is 13.7. The van der Waals surface area contributed by atoms with Crippen molar-refractivity contribution in [1.82, 2.24) is 14.8 Å². The lowest BCUT2D eigenvalue weighted by Gasteiger charge is -2.08. The molecular weight excluding hydrogens is 366 g/mol. The molecule has 3 aromatic rings. The van der Waals surface area contributed by atoms with E-state index in [9.17, 15) is 0 Å². The van der Waals surface area contributed by atoms with E-state index in [1.54, 1.807) is 25.1 Å². The lowest BCUT2D eigenvalue weighted by Crippen LogP contribution is -1.95. The van der Waals surface area contributed by atoms with Crippen molar-refractivity contribution in [3.05, 3.63) is 46.6 Å². The summed E-state index contributed by atoms with van der Waals surface area (Å²) in [5.74, 6) is 3.03. The first-order valence-electron chi connectivity index (χ1n) is 6.57. The molecule has 0 saturated heterocycles. The van der Waals surface area contributed by atoms with Gasteiger partial charge in [0.15, 0.2) is 16.7 Å². The Balaban J connectivity index is 1.79. The van der Waals surface area contributed by atoms with Gasteiger partial charge in [0, 0.05) is 22.8 Å². The third-order valence-corrected chi connectivity index (χ3v) is 4.74. The SMILES string of the molecule is COc1ccc(Br)cc1CSc1nnc(-c2ccco2)n1C. The molecule has 114 valence electrons. The number of methoxy groups -OCH3 is 1. The normalized spacial score (nSPS) is 10.9. The van der Waals surface area contributed by atoms with Crippen molar-refractivity contribution in [2.75, 3.05) is 7.11 Å². The number of hydrogen-bond acceptors (Lipinski definition) is 5. The fourth-order valence-electron chi connectivity index (χ4n) is 2.06. The maximum Gasteiger partial charge on any atom is 0.200 e. The molecule has 0 radical (unpaired) electrons. The lowest BCUT2D eigenvalue weighted by molar-refractivity contribution is 0.411. The molecule has 0 saturated carbocycles. The molecule has 0 bridgehead atoms. The molecule has 1 aromatic carbocycles. The van der Waals surface area contributed by atoms with Gasteiger partial charge >= 0.3 is 0 Å². The molecule has 22 heavy (non-hydrogen) atoms. The molecular formula is C15H14BrN3O2S. The first-order chi connectivity index (χ1) is 10.7. The van der Waals surface area contributed by atoms with Crippen molar-refractivity contribution in [1.29, 1.82) is 0 Å². The number of aromatic nitrogens is 3. The number of nitrogens with zero attached hydrogens (tertiary/aromatic N) is 3. The summed E-state index contributed by atoms with van der Waals surface area (Å²) in [6.07, 6.45) is 1.63. The van der Waals surface area contributed by atoms with Crippen LogP contribution in [-0.4, -0.2) is 21.9 Å². The molecule has 0 amide bonds. The number of thioether (sulfide) groups is 1. The predicted octanol–water partition coefficient (Wildman–Crippen LogP) is 4.14. The smallest absolute Gasteiger partial charge is 0.200 e. The van der Waals surface area contributed by atoms with Crippen molar-refractivity contribution < 1.29 is 9.15 Å². The van der Waals surface area contributed by atoms with Crippen LogP contribution in [0.1, 0.15) is 5.56 Å². The van der Waals surface area contributed by atoms with Crippen LogP contribution in [0.5, 0.6) is 5.75 Å². The summed E-state index contributed by atoms with van der Waals surface area (Å²) >= 11 is 5.09. The molecule has 3 rings (SSSR count). The lowest BCUT2D eigenvalue weighted by atomic mass is 10.2. The van der Waals surface area contributed by atoms with Gasteiger partial charge in [-0.2, -0.15) is 0 Å². The van der Waals surface area contributed by atoms with E-state index < -0.39 is 0 Å². The molecule has 0 unspecified atom stereocenters. The Labute approximate surface area is 140 Å². The summed E-state index contributed by atoms with van der Waals surface area (Å²) in [6.45, 7) is 0. The van der Waals surface area contributed by atoms with Crippen molar-refractivity contribution in [2.45, 2.75) is 10.9 Å². The van der Waals surface area contributed by atoms with Gasteiger partial charge in [-0.05, 0) is 30.3 Å². The van der Waals surface area contributed by atoms with E-state index in [-0.39, 0.29) is 0 Å². The Bertz CT molecular complexity index is 771. The van der Waals surface area contributed by atoms with Crippen LogP contribution in [0.15, 0.2) is 50.6 Å². The fourth-order valence-corrected chi connectivity index (χ4v) is 3.36. The van der Waals surface area contributed by atoms with Gasteiger partial charge in [0.1, 0.15) is 5.75 Å². The molecule has 0 N–H and O–H groups in total. The Hall–Kier alpha value is -1.73. The first-order valence-corrected chi connectivity index (χ1v) is 8.35. The summed E-state index contributed by atoms with van der Waals surface area (Å²) in [5, 5.41) is 9.24. The minimum absolute atomic E-state index is 0.710. The largest absolute Gasteiger partial charge is 0.496 e. The van der Waals surface area contributed by atoms with E-state index >= 15 is 0 Å². The number of hydrogen-bond donors (Lipinski definition) is 0. The highest BCUT2D eigenvalue weighted by Gasteiger charge is 2.14. The monoisotopic (exact) mass is 379 g/mol. The third-order valence-electron chi connectivity index (χ3n) is 3.18. The predicted molar refractivity (Wildman–Crippen MR) is 89.0 cm³/mol. The van der Waals surface area contributed by atoms with Crippen LogP contribution in [0.4, 0.5) is 0 Å². The molecule has 0 spiro atoms. The van der Waals surface area contributed by atoms with Crippen molar-refractivity contribution >= 4 is 27.7 Å². The minimum Gasteiger partial charge on any atom is -0.496 e. The summed E-state index contributed by atoms with van der Waals surface area (Å²) in [7, 11) is 3.60. The van der Waals surface area contributed by atoms with Gasteiger partial charge in [-0.25, -0.2) is 0 Å². The Morgan fingerprint density at radius 3 is 2.91 bits per heavy atom. The van der Waals surface area contributed by atoms with Crippen LogP contribution in [-0.2, 0) is 12.8 Å². The number of benzene rings is 1. The molecule has 0 aliphatic heterocycles. The zero-order valence-electron chi connectivity index (χ0n) is 12.1. The number of ether oxygens (including phenoxy) is 1. The second kappa shape index (κ2) is 6.58. The average Bonchev–Trinajstić information content (AvgIpc) is 3.15. The topological polar surface area (TPSA) is 53.1 Å². The molecule has 7 heteroatoms. The van der Waals surface area contributed by atoms with E-state index in [1.165, 1.54) is 0 Å². The quantitative estimate of drug-likeness (QED) is 0.623. The van der Waals surface area contributed by atoms with E-state index in [2.05, 4.69) is 32.2 Å². The molecule has 2 aromatic heterocycles. The third kappa shape index (κ3) is 3.05. The van der Waals surface area contributed by atoms with Gasteiger partial charge in [-0.3, -0.25) is 0 Å². The van der Waals surface area contributed by atoms with Crippen LogP contribution in [0.25, 0.3) is 11.6 Å². The number of furan rings is 1. The zero-order valence-corrected chi connectivity index (χ0v) is 14.5. The molecule has 2 heterocycles. The van der Waals surface area contributed by atoms with Crippen molar-refractivity contribution in [3.63, 3.8) is 0 Å². The van der Waals surface area contributed by atoms with E-state index in [4.69, 9.17) is 9.15 Å². The summed E-state index contributed by atoms with van der Waals surface area (Å²) in [4.78, 5) is 0. The standard InChI is InChI=1S/C15H14BrN3O2S/c1-19-14(13-4-3-7-21-13)17-18-15(19)22-9-10-8-11(16)5-6-12(10)20-2/h3-8H,9H2,1-2H3. The Kier molecular flexibility index (Phi) is 4.54. The number of halogens is 1. The molecule has 0 atom stereocenters. The first kappa shape index (κ1) is 15.2. The summed E-state index contributed by atoms with van der Waals surface area (Å²) in [5.41, 5.74) is 1.10. The maximum atomic E-state index is 5.39. The van der Waals surface area contributed by atoms with Crippen LogP contribution >= 0.6 is 27.7 Å². The molecule has 0 fully saturated rings. The number of rotatable bonds is 5. The van der Waals surface area contributed by atoms with Gasteiger partial charge in [-0.15, -0.1) is 10.2 Å². The van der Waals surface area contributed by atoms with E-state index in [0.717, 1.165) is 26.7 Å². The van der Waals surface area contributed by atoms with E-state index in [0.29, 0.717) is 11.6 Å². The van der Waals surface area contributed by atoms with Crippen molar-refractivity contribution in [3.8, 4) is 17.3 Å². The minimum atomic E-state index is 0.710. The van der Waals surface area contributed by atoms with Gasteiger partial charge in [0.25, 0.3) is 0 Å².